The Balaban J connectivity index is 1.48. The van der Waals surface area contributed by atoms with E-state index < -0.39 is 27.9 Å². The van der Waals surface area contributed by atoms with Gasteiger partial charge in [0.2, 0.25) is 11.8 Å². The van der Waals surface area contributed by atoms with Crippen molar-refractivity contribution in [3.05, 3.63) is 84.4 Å². The van der Waals surface area contributed by atoms with Crippen molar-refractivity contribution in [2.75, 3.05) is 10.6 Å². The van der Waals surface area contributed by atoms with E-state index in [-0.39, 0.29) is 17.7 Å². The molecule has 0 bridgehead atoms. The van der Waals surface area contributed by atoms with Crippen LogP contribution in [0.1, 0.15) is 18.4 Å². The molecule has 8 heteroatoms. The number of nitrogens with one attached hydrogen (secondary N) is 2. The molecule has 3 aromatic rings. The zero-order valence-corrected chi connectivity index (χ0v) is 18.3. The van der Waals surface area contributed by atoms with E-state index in [1.807, 2.05) is 49.4 Å². The number of carbonyl (C=O) groups is 2. The molecule has 0 saturated carbocycles. The first-order chi connectivity index (χ1) is 15.3. The molecule has 4 rings (SSSR count). The van der Waals surface area contributed by atoms with Gasteiger partial charge in [0.1, 0.15) is 6.04 Å². The van der Waals surface area contributed by atoms with E-state index in [2.05, 4.69) is 10.6 Å². The number of nitrogens with zero attached hydrogens (tertiary/aromatic N) is 1. The van der Waals surface area contributed by atoms with Crippen LogP contribution >= 0.6 is 0 Å². The number of hydrogen-bond donors (Lipinski definition) is 2. The predicted molar refractivity (Wildman–Crippen MR) is 123 cm³/mol. The Bertz CT molecular complexity index is 1220. The van der Waals surface area contributed by atoms with Gasteiger partial charge in [-0.15, -0.1) is 0 Å². The zero-order chi connectivity index (χ0) is 22.7. The van der Waals surface area contributed by atoms with Crippen LogP contribution in [0, 0.1) is 6.92 Å². The average molecular weight is 450 g/mol. The molecule has 164 valence electrons. The second-order valence-corrected chi connectivity index (χ2v) is 9.43. The highest BCUT2D eigenvalue weighted by Gasteiger charge is 2.44. The van der Waals surface area contributed by atoms with Gasteiger partial charge in [0, 0.05) is 23.5 Å². The van der Waals surface area contributed by atoms with E-state index in [4.69, 9.17) is 0 Å². The lowest BCUT2D eigenvalue weighted by atomic mass is 10.2. The minimum atomic E-state index is -4.12. The Hall–Kier alpha value is -3.65. The molecule has 0 aromatic heterocycles. The third-order valence-electron chi connectivity index (χ3n) is 5.26. The third-order valence-corrected chi connectivity index (χ3v) is 7.10. The van der Waals surface area contributed by atoms with Gasteiger partial charge in [-0.25, -0.2) is 12.7 Å². The van der Waals surface area contributed by atoms with Crippen molar-refractivity contribution in [2.24, 2.45) is 0 Å². The maximum Gasteiger partial charge on any atom is 0.267 e. The first-order valence-corrected chi connectivity index (χ1v) is 11.7. The number of para-hydroxylation sites is 1. The fraction of sp³-hybridized carbons (Fsp3) is 0.167. The summed E-state index contributed by atoms with van der Waals surface area (Å²) in [6, 6.07) is 21.9. The van der Waals surface area contributed by atoms with Crippen molar-refractivity contribution in [3.8, 4) is 0 Å². The normalized spacial score (nSPS) is 16.1. The molecule has 0 spiro atoms. The highest BCUT2D eigenvalue weighted by atomic mass is 32.2. The van der Waals surface area contributed by atoms with Crippen LogP contribution in [0.15, 0.2) is 83.8 Å². The van der Waals surface area contributed by atoms with Gasteiger partial charge in [-0.1, -0.05) is 35.9 Å². The van der Waals surface area contributed by atoms with Gasteiger partial charge in [-0.05, 0) is 61.9 Å². The Morgan fingerprint density at radius 1 is 0.875 bits per heavy atom. The minimum Gasteiger partial charge on any atom is -0.356 e. The summed E-state index contributed by atoms with van der Waals surface area (Å²) in [7, 11) is -4.12. The molecule has 1 saturated heterocycles. The molecule has 1 atom stereocenters. The van der Waals surface area contributed by atoms with Crippen molar-refractivity contribution < 1.29 is 18.0 Å². The van der Waals surface area contributed by atoms with Gasteiger partial charge in [0.25, 0.3) is 10.0 Å². The molecular formula is C24H23N3O4S. The van der Waals surface area contributed by atoms with Crippen molar-refractivity contribution >= 4 is 38.9 Å². The number of sulfonamides is 1. The fourth-order valence-electron chi connectivity index (χ4n) is 3.58. The smallest absolute Gasteiger partial charge is 0.267 e. The Kier molecular flexibility index (Phi) is 5.96. The fourth-order valence-corrected chi connectivity index (χ4v) is 5.18. The van der Waals surface area contributed by atoms with Crippen LogP contribution in [0.3, 0.4) is 0 Å². The van der Waals surface area contributed by atoms with Crippen LogP contribution in [0.5, 0.6) is 0 Å². The minimum absolute atomic E-state index is 0.00309. The van der Waals surface area contributed by atoms with Gasteiger partial charge in [0.15, 0.2) is 0 Å². The highest BCUT2D eigenvalue weighted by molar-refractivity contribution is 7.89. The standard InChI is InChI=1S/C24H23N3O4S/c1-17-7-13-21(14-8-17)32(30,31)27-22(15-16-23(27)28)24(29)26-20-11-9-19(10-12-20)25-18-5-3-2-4-6-18/h2-14,22,25H,15-16H2,1H3,(H,26,29)/t22-/m1/s1. The molecule has 1 heterocycles. The average Bonchev–Trinajstić information content (AvgIpc) is 3.18. The highest BCUT2D eigenvalue weighted by Crippen LogP contribution is 2.28. The predicted octanol–water partition coefficient (Wildman–Crippen LogP) is 4.06. The number of anilines is 3. The molecule has 1 aliphatic rings. The van der Waals surface area contributed by atoms with Crippen molar-refractivity contribution in [3.63, 3.8) is 0 Å². The molecule has 1 fully saturated rings. The number of amides is 2. The van der Waals surface area contributed by atoms with Crippen LogP contribution in [0.25, 0.3) is 0 Å². The van der Waals surface area contributed by atoms with E-state index in [1.165, 1.54) is 12.1 Å². The number of aryl methyl sites for hydroxylation is 1. The Morgan fingerprint density at radius 2 is 1.47 bits per heavy atom. The summed E-state index contributed by atoms with van der Waals surface area (Å²) in [5, 5.41) is 5.98. The number of hydrogen-bond acceptors (Lipinski definition) is 5. The maximum atomic E-state index is 13.1. The number of benzene rings is 3. The molecule has 2 N–H and O–H groups in total. The lowest BCUT2D eigenvalue weighted by Crippen LogP contribution is -2.45. The monoisotopic (exact) mass is 449 g/mol. The van der Waals surface area contributed by atoms with Crippen LogP contribution in [-0.4, -0.2) is 30.6 Å². The molecule has 1 aliphatic heterocycles. The van der Waals surface area contributed by atoms with E-state index in [0.29, 0.717) is 5.69 Å². The van der Waals surface area contributed by atoms with Gasteiger partial charge >= 0.3 is 0 Å². The molecule has 2 amide bonds. The van der Waals surface area contributed by atoms with E-state index in [9.17, 15) is 18.0 Å². The largest absolute Gasteiger partial charge is 0.356 e. The van der Waals surface area contributed by atoms with Gasteiger partial charge in [-0.2, -0.15) is 0 Å². The van der Waals surface area contributed by atoms with Gasteiger partial charge in [-0.3, -0.25) is 9.59 Å². The second kappa shape index (κ2) is 8.84. The lowest BCUT2D eigenvalue weighted by Gasteiger charge is -2.24. The number of carbonyl (C=O) groups excluding carboxylic acids is 2. The summed E-state index contributed by atoms with van der Waals surface area (Å²) in [6.45, 7) is 1.84. The molecule has 0 aliphatic carbocycles. The van der Waals surface area contributed by atoms with Gasteiger partial charge < -0.3 is 10.6 Å². The maximum absolute atomic E-state index is 13.1. The second-order valence-electron chi connectivity index (χ2n) is 7.62. The first kappa shape index (κ1) is 21.6. The molecule has 0 radical (unpaired) electrons. The van der Waals surface area contributed by atoms with Crippen molar-refractivity contribution in [1.29, 1.82) is 0 Å². The van der Waals surface area contributed by atoms with E-state index >= 15 is 0 Å². The quantitative estimate of drug-likeness (QED) is 0.592. The lowest BCUT2D eigenvalue weighted by molar-refractivity contribution is -0.128. The summed E-state index contributed by atoms with van der Waals surface area (Å²) in [6.07, 6.45) is 0.145. The first-order valence-electron chi connectivity index (χ1n) is 10.2. The Morgan fingerprint density at radius 3 is 2.12 bits per heavy atom. The molecule has 0 unspecified atom stereocenters. The zero-order valence-electron chi connectivity index (χ0n) is 17.5. The summed E-state index contributed by atoms with van der Waals surface area (Å²) >= 11 is 0. The summed E-state index contributed by atoms with van der Waals surface area (Å²) < 4.78 is 26.8. The molecule has 32 heavy (non-hydrogen) atoms. The number of rotatable bonds is 6. The van der Waals surface area contributed by atoms with E-state index in [1.54, 1.807) is 24.3 Å². The van der Waals surface area contributed by atoms with Crippen LogP contribution in [-0.2, 0) is 19.6 Å². The molecule has 7 nitrogen and oxygen atoms in total. The molecule has 3 aromatic carbocycles. The van der Waals surface area contributed by atoms with Crippen LogP contribution in [0.2, 0.25) is 0 Å². The van der Waals surface area contributed by atoms with Crippen molar-refractivity contribution in [2.45, 2.75) is 30.7 Å². The molecular weight excluding hydrogens is 426 g/mol. The Labute approximate surface area is 187 Å². The summed E-state index contributed by atoms with van der Waals surface area (Å²) in [5.74, 6) is -1.11. The van der Waals surface area contributed by atoms with E-state index in [0.717, 1.165) is 21.2 Å². The topological polar surface area (TPSA) is 95.6 Å². The third kappa shape index (κ3) is 4.50. The summed E-state index contributed by atoms with van der Waals surface area (Å²) in [4.78, 5) is 25.3. The van der Waals surface area contributed by atoms with Crippen LogP contribution < -0.4 is 10.6 Å². The van der Waals surface area contributed by atoms with Crippen molar-refractivity contribution in [1.82, 2.24) is 4.31 Å². The SMILES string of the molecule is Cc1ccc(S(=O)(=O)N2C(=O)CC[C@@H]2C(=O)Nc2ccc(Nc3ccccc3)cc2)cc1. The van der Waals surface area contributed by atoms with Crippen LogP contribution in [0.4, 0.5) is 17.1 Å². The summed E-state index contributed by atoms with van der Waals surface area (Å²) in [5.41, 5.74) is 3.19. The van der Waals surface area contributed by atoms with Gasteiger partial charge in [0.05, 0.1) is 4.90 Å².